The first-order valence-corrected chi connectivity index (χ1v) is 4.80. The van der Waals surface area contributed by atoms with Gasteiger partial charge in [0.2, 0.25) is 0 Å². The van der Waals surface area contributed by atoms with Crippen LogP contribution in [-0.2, 0) is 0 Å². The van der Waals surface area contributed by atoms with E-state index in [9.17, 15) is 4.79 Å². The van der Waals surface area contributed by atoms with Crippen LogP contribution in [0.5, 0.6) is 0 Å². The molecule has 3 nitrogen and oxygen atoms in total. The topological polar surface area (TPSA) is 45.8 Å². The number of hydrogen-bond acceptors (Lipinski definition) is 2. The Kier molecular flexibility index (Phi) is 2.37. The number of aryl methyl sites for hydroxylation is 1. The van der Waals surface area contributed by atoms with E-state index in [2.05, 4.69) is 9.97 Å². The van der Waals surface area contributed by atoms with Gasteiger partial charge in [-0.05, 0) is 12.5 Å². The SMILES string of the molecule is CC(=O)c1ncc(-c2ccc(C)cc2)[nH]1. The predicted molar refractivity (Wildman–Crippen MR) is 58.8 cm³/mol. The molecule has 0 saturated heterocycles. The molecule has 0 fully saturated rings. The smallest absolute Gasteiger partial charge is 0.194 e. The molecule has 0 amide bonds. The maximum atomic E-state index is 11.1. The molecule has 0 spiro atoms. The number of aromatic nitrogens is 2. The van der Waals surface area contributed by atoms with Crippen LogP contribution in [0.15, 0.2) is 30.5 Å². The van der Waals surface area contributed by atoms with Crippen LogP contribution in [0.25, 0.3) is 11.3 Å². The van der Waals surface area contributed by atoms with Crippen molar-refractivity contribution < 1.29 is 4.79 Å². The average Bonchev–Trinajstić information content (AvgIpc) is 2.68. The third kappa shape index (κ3) is 1.96. The molecule has 0 atom stereocenters. The van der Waals surface area contributed by atoms with Crippen LogP contribution < -0.4 is 0 Å². The molecule has 0 unspecified atom stereocenters. The molecule has 1 aromatic carbocycles. The predicted octanol–water partition coefficient (Wildman–Crippen LogP) is 2.59. The molecule has 1 aromatic heterocycles. The molecule has 1 N–H and O–H groups in total. The Hall–Kier alpha value is -1.90. The van der Waals surface area contributed by atoms with E-state index in [1.807, 2.05) is 31.2 Å². The van der Waals surface area contributed by atoms with E-state index in [0.717, 1.165) is 11.3 Å². The van der Waals surface area contributed by atoms with E-state index >= 15 is 0 Å². The maximum Gasteiger partial charge on any atom is 0.194 e. The minimum atomic E-state index is -0.0478. The van der Waals surface area contributed by atoms with Crippen molar-refractivity contribution in [2.24, 2.45) is 0 Å². The van der Waals surface area contributed by atoms with E-state index in [-0.39, 0.29) is 5.78 Å². The minimum absolute atomic E-state index is 0.0478. The molecule has 1 heterocycles. The number of H-pyrrole nitrogens is 1. The number of carbonyl (C=O) groups excluding carboxylic acids is 1. The standard InChI is InChI=1S/C12H12N2O/c1-8-3-5-10(6-4-8)11-7-13-12(14-11)9(2)15/h3-7H,1-2H3,(H,13,14). The Morgan fingerprint density at radius 2 is 1.93 bits per heavy atom. The third-order valence-corrected chi connectivity index (χ3v) is 2.27. The Morgan fingerprint density at radius 1 is 1.27 bits per heavy atom. The molecule has 0 aliphatic heterocycles. The number of imidazole rings is 1. The van der Waals surface area contributed by atoms with Crippen LogP contribution >= 0.6 is 0 Å². The zero-order valence-corrected chi connectivity index (χ0v) is 8.74. The van der Waals surface area contributed by atoms with Crippen molar-refractivity contribution in [1.29, 1.82) is 0 Å². The summed E-state index contributed by atoms with van der Waals surface area (Å²) >= 11 is 0. The van der Waals surface area contributed by atoms with Gasteiger partial charge in [-0.3, -0.25) is 4.79 Å². The number of aromatic amines is 1. The van der Waals surface area contributed by atoms with Crippen LogP contribution in [0.1, 0.15) is 23.1 Å². The number of nitrogens with one attached hydrogen (secondary N) is 1. The Labute approximate surface area is 88.2 Å². The number of rotatable bonds is 2. The van der Waals surface area contributed by atoms with Gasteiger partial charge in [0.15, 0.2) is 11.6 Å². The van der Waals surface area contributed by atoms with Crippen LogP contribution in [0.2, 0.25) is 0 Å². The summed E-state index contributed by atoms with van der Waals surface area (Å²) in [5, 5.41) is 0. The van der Waals surface area contributed by atoms with Crippen LogP contribution in [0.4, 0.5) is 0 Å². The lowest BCUT2D eigenvalue weighted by Gasteiger charge is -1.97. The summed E-state index contributed by atoms with van der Waals surface area (Å²) < 4.78 is 0. The Morgan fingerprint density at radius 3 is 2.47 bits per heavy atom. The number of ketones is 1. The van der Waals surface area contributed by atoms with E-state index in [1.165, 1.54) is 12.5 Å². The molecular weight excluding hydrogens is 188 g/mol. The van der Waals surface area contributed by atoms with E-state index in [0.29, 0.717) is 5.82 Å². The van der Waals surface area contributed by atoms with Crippen molar-refractivity contribution in [2.45, 2.75) is 13.8 Å². The molecule has 15 heavy (non-hydrogen) atoms. The van der Waals surface area contributed by atoms with Gasteiger partial charge in [0.05, 0.1) is 11.9 Å². The number of carbonyl (C=O) groups is 1. The monoisotopic (exact) mass is 200 g/mol. The van der Waals surface area contributed by atoms with Gasteiger partial charge in [-0.15, -0.1) is 0 Å². The van der Waals surface area contributed by atoms with Gasteiger partial charge in [-0.1, -0.05) is 29.8 Å². The quantitative estimate of drug-likeness (QED) is 0.757. The second kappa shape index (κ2) is 3.69. The fraction of sp³-hybridized carbons (Fsp3) is 0.167. The molecule has 0 bridgehead atoms. The molecule has 76 valence electrons. The number of hydrogen-bond donors (Lipinski definition) is 1. The normalized spacial score (nSPS) is 10.3. The molecule has 0 aliphatic carbocycles. The number of Topliss-reactive ketones (excluding diaryl/α,β-unsaturated/α-hetero) is 1. The van der Waals surface area contributed by atoms with E-state index < -0.39 is 0 Å². The van der Waals surface area contributed by atoms with Crippen LogP contribution in [0, 0.1) is 6.92 Å². The fourth-order valence-electron chi connectivity index (χ4n) is 1.38. The lowest BCUT2D eigenvalue weighted by molar-refractivity contribution is 0.100. The summed E-state index contributed by atoms with van der Waals surface area (Å²) in [7, 11) is 0. The third-order valence-electron chi connectivity index (χ3n) is 2.27. The summed E-state index contributed by atoms with van der Waals surface area (Å²) in [6.45, 7) is 3.54. The zero-order valence-electron chi connectivity index (χ0n) is 8.74. The molecule has 0 saturated carbocycles. The molecule has 2 aromatic rings. The number of nitrogens with zero attached hydrogens (tertiary/aromatic N) is 1. The first kappa shape index (κ1) is 9.65. The lowest BCUT2D eigenvalue weighted by Crippen LogP contribution is -1.93. The first-order chi connectivity index (χ1) is 7.16. The highest BCUT2D eigenvalue weighted by Crippen LogP contribution is 2.17. The van der Waals surface area contributed by atoms with Crippen molar-refractivity contribution in [1.82, 2.24) is 9.97 Å². The first-order valence-electron chi connectivity index (χ1n) is 4.80. The number of benzene rings is 1. The van der Waals surface area contributed by atoms with Crippen molar-refractivity contribution in [3.63, 3.8) is 0 Å². The highest BCUT2D eigenvalue weighted by molar-refractivity contribution is 5.91. The van der Waals surface area contributed by atoms with Gasteiger partial charge in [-0.2, -0.15) is 0 Å². The highest BCUT2D eigenvalue weighted by Gasteiger charge is 2.05. The van der Waals surface area contributed by atoms with Crippen LogP contribution in [-0.4, -0.2) is 15.8 Å². The zero-order chi connectivity index (χ0) is 10.8. The maximum absolute atomic E-state index is 11.1. The molecule has 3 heteroatoms. The summed E-state index contributed by atoms with van der Waals surface area (Å²) in [4.78, 5) is 18.0. The van der Waals surface area contributed by atoms with Crippen molar-refractivity contribution in [2.75, 3.05) is 0 Å². The minimum Gasteiger partial charge on any atom is -0.336 e. The summed E-state index contributed by atoms with van der Waals surface area (Å²) in [5.41, 5.74) is 3.13. The van der Waals surface area contributed by atoms with E-state index in [1.54, 1.807) is 6.20 Å². The second-order valence-corrected chi connectivity index (χ2v) is 3.57. The van der Waals surface area contributed by atoms with Gasteiger partial charge >= 0.3 is 0 Å². The van der Waals surface area contributed by atoms with Crippen molar-refractivity contribution in [3.05, 3.63) is 41.9 Å². The van der Waals surface area contributed by atoms with E-state index in [4.69, 9.17) is 0 Å². The average molecular weight is 200 g/mol. The van der Waals surface area contributed by atoms with Crippen molar-refractivity contribution >= 4 is 5.78 Å². The summed E-state index contributed by atoms with van der Waals surface area (Å²) in [6.07, 6.45) is 1.68. The largest absolute Gasteiger partial charge is 0.336 e. The van der Waals surface area contributed by atoms with Gasteiger partial charge in [-0.25, -0.2) is 4.98 Å². The molecule has 0 aliphatic rings. The highest BCUT2D eigenvalue weighted by atomic mass is 16.1. The molecular formula is C12H12N2O. The Balaban J connectivity index is 2.37. The van der Waals surface area contributed by atoms with Crippen molar-refractivity contribution in [3.8, 4) is 11.3 Å². The fourth-order valence-corrected chi connectivity index (χ4v) is 1.38. The van der Waals surface area contributed by atoms with Gasteiger partial charge < -0.3 is 4.98 Å². The van der Waals surface area contributed by atoms with Gasteiger partial charge in [0.1, 0.15) is 0 Å². The van der Waals surface area contributed by atoms with Gasteiger partial charge in [0, 0.05) is 6.92 Å². The summed E-state index contributed by atoms with van der Waals surface area (Å²) in [5.74, 6) is 0.360. The summed E-state index contributed by atoms with van der Waals surface area (Å²) in [6, 6.07) is 8.08. The molecule has 0 radical (unpaired) electrons. The molecule has 2 rings (SSSR count). The lowest BCUT2D eigenvalue weighted by atomic mass is 10.1. The second-order valence-electron chi connectivity index (χ2n) is 3.57. The Bertz CT molecular complexity index is 483. The van der Waals surface area contributed by atoms with Crippen LogP contribution in [0.3, 0.4) is 0 Å². The van der Waals surface area contributed by atoms with Gasteiger partial charge in [0.25, 0.3) is 0 Å².